The highest BCUT2D eigenvalue weighted by Crippen LogP contribution is 2.50. The highest BCUT2D eigenvalue weighted by molar-refractivity contribution is 5.57. The van der Waals surface area contributed by atoms with E-state index in [-0.39, 0.29) is 24.5 Å². The summed E-state index contributed by atoms with van der Waals surface area (Å²) in [5.41, 5.74) is 0.824. The van der Waals surface area contributed by atoms with E-state index in [0.29, 0.717) is 17.4 Å². The van der Waals surface area contributed by atoms with Crippen molar-refractivity contribution in [1.29, 1.82) is 0 Å². The van der Waals surface area contributed by atoms with Crippen LogP contribution in [0.3, 0.4) is 0 Å². The maximum absolute atomic E-state index is 12.4. The molecule has 7 heteroatoms. The van der Waals surface area contributed by atoms with E-state index in [2.05, 4.69) is 55.0 Å². The second-order valence-electron chi connectivity index (χ2n) is 10.2. The van der Waals surface area contributed by atoms with E-state index in [4.69, 9.17) is 9.26 Å². The van der Waals surface area contributed by atoms with Crippen LogP contribution in [0.15, 0.2) is 53.1 Å². The molecule has 0 amide bonds. The van der Waals surface area contributed by atoms with Crippen molar-refractivity contribution in [3.63, 3.8) is 0 Å². The molecule has 1 atom stereocenters. The van der Waals surface area contributed by atoms with Crippen LogP contribution in [0.25, 0.3) is 11.5 Å². The van der Waals surface area contributed by atoms with Crippen LogP contribution in [0.1, 0.15) is 49.2 Å². The second-order valence-corrected chi connectivity index (χ2v) is 10.2. The van der Waals surface area contributed by atoms with Crippen LogP contribution in [0.5, 0.6) is 0 Å². The van der Waals surface area contributed by atoms with Gasteiger partial charge in [-0.25, -0.2) is 0 Å². The topological polar surface area (TPSA) is 91.9 Å². The van der Waals surface area contributed by atoms with Crippen molar-refractivity contribution in [3.05, 3.63) is 71.0 Å². The van der Waals surface area contributed by atoms with Crippen molar-refractivity contribution >= 4 is 0 Å². The summed E-state index contributed by atoms with van der Waals surface area (Å²) in [5, 5.41) is 26.8. The fourth-order valence-electron chi connectivity index (χ4n) is 5.18. The van der Waals surface area contributed by atoms with Crippen molar-refractivity contribution in [2.24, 2.45) is 5.41 Å². The minimum absolute atomic E-state index is 0.157. The van der Waals surface area contributed by atoms with Crippen LogP contribution in [-0.4, -0.2) is 58.6 Å². The third-order valence-electron chi connectivity index (χ3n) is 7.16. The third-order valence-corrected chi connectivity index (χ3v) is 7.16. The van der Waals surface area contributed by atoms with Gasteiger partial charge in [0.2, 0.25) is 5.82 Å². The zero-order valence-corrected chi connectivity index (χ0v) is 19.6. The number of rotatable bonds is 6. The Hall–Kier alpha value is -2.58. The zero-order valence-electron chi connectivity index (χ0n) is 19.6. The van der Waals surface area contributed by atoms with E-state index in [0.717, 1.165) is 24.2 Å². The Balaban J connectivity index is 1.56. The second kappa shape index (κ2) is 7.74. The number of ether oxygens (including phenoxy) is 1. The summed E-state index contributed by atoms with van der Waals surface area (Å²) < 4.78 is 10.6. The Kier molecular flexibility index (Phi) is 5.21. The Morgan fingerprint density at radius 2 is 1.76 bits per heavy atom. The number of hydrogen-bond acceptors (Lipinski definition) is 7. The average Bonchev–Trinajstić information content (AvgIpc) is 3.27. The molecular formula is C26H31N3O4. The molecule has 2 aliphatic heterocycles. The summed E-state index contributed by atoms with van der Waals surface area (Å²) in [6.07, 6.45) is 0. The lowest BCUT2D eigenvalue weighted by molar-refractivity contribution is -0.189. The fraction of sp³-hybridized carbons (Fsp3) is 0.462. The molecule has 3 aromatic rings. The summed E-state index contributed by atoms with van der Waals surface area (Å²) in [6.45, 7) is 8.32. The minimum Gasteiger partial charge on any atom is -0.380 e. The molecule has 0 aliphatic carbocycles. The molecule has 2 saturated heterocycles. The molecule has 2 aromatic carbocycles. The Morgan fingerprint density at radius 3 is 2.33 bits per heavy atom. The molecule has 33 heavy (non-hydrogen) atoms. The summed E-state index contributed by atoms with van der Waals surface area (Å²) in [5.74, 6) is 0.949. The van der Waals surface area contributed by atoms with E-state index in [1.165, 1.54) is 5.56 Å². The normalized spacial score (nSPS) is 21.3. The van der Waals surface area contributed by atoms with E-state index in [9.17, 15) is 10.2 Å². The van der Waals surface area contributed by atoms with E-state index in [1.54, 1.807) is 0 Å². The number of benzene rings is 2. The van der Waals surface area contributed by atoms with Gasteiger partial charge in [-0.2, -0.15) is 4.98 Å². The first-order valence-electron chi connectivity index (χ1n) is 11.4. The van der Waals surface area contributed by atoms with Gasteiger partial charge in [-0.05, 0) is 41.8 Å². The molecule has 0 radical (unpaired) electrons. The molecule has 2 fully saturated rings. The van der Waals surface area contributed by atoms with Gasteiger partial charge in [0, 0.05) is 24.1 Å². The number of likely N-dealkylation sites (tertiary alicyclic amines) is 1. The minimum atomic E-state index is -1.20. The van der Waals surface area contributed by atoms with E-state index in [1.807, 2.05) is 36.4 Å². The van der Waals surface area contributed by atoms with Crippen molar-refractivity contribution in [2.45, 2.75) is 37.9 Å². The largest absolute Gasteiger partial charge is 0.380 e. The summed E-state index contributed by atoms with van der Waals surface area (Å²) in [7, 11) is 2.06. The number of aliphatic hydroxyl groups is 2. The maximum Gasteiger partial charge on any atom is 0.258 e. The Morgan fingerprint density at radius 1 is 1.06 bits per heavy atom. The molecule has 0 saturated carbocycles. The lowest BCUT2D eigenvalue weighted by atomic mass is 9.62. The van der Waals surface area contributed by atoms with E-state index >= 15 is 0 Å². The van der Waals surface area contributed by atoms with Crippen LogP contribution >= 0.6 is 0 Å². The van der Waals surface area contributed by atoms with Gasteiger partial charge < -0.3 is 24.4 Å². The first-order chi connectivity index (χ1) is 15.6. The average molecular weight is 450 g/mol. The van der Waals surface area contributed by atoms with Gasteiger partial charge in [0.15, 0.2) is 5.60 Å². The van der Waals surface area contributed by atoms with Crippen molar-refractivity contribution in [2.75, 3.05) is 33.4 Å². The van der Waals surface area contributed by atoms with Gasteiger partial charge in [-0.1, -0.05) is 62.3 Å². The summed E-state index contributed by atoms with van der Waals surface area (Å²) in [4.78, 5) is 6.62. The lowest BCUT2D eigenvalue weighted by Gasteiger charge is -2.56. The standard InChI is InChI=1S/C26H31N3O4/c1-17(2)18-8-10-20(11-9-18)26(31,24(3)13-29(4)14-24)21-7-5-6-19(12-21)22-27-23(28-33-22)25(30)15-32-16-25/h5-12,17,30-31H,13-16H2,1-4H3/t26-/m0/s1. The number of hydrogen-bond donors (Lipinski definition) is 2. The van der Waals surface area contributed by atoms with Gasteiger partial charge >= 0.3 is 0 Å². The van der Waals surface area contributed by atoms with Crippen LogP contribution in [0.2, 0.25) is 0 Å². The van der Waals surface area contributed by atoms with E-state index < -0.39 is 11.2 Å². The van der Waals surface area contributed by atoms with Gasteiger partial charge in [0.25, 0.3) is 5.89 Å². The van der Waals surface area contributed by atoms with Crippen molar-refractivity contribution in [3.8, 4) is 11.5 Å². The van der Waals surface area contributed by atoms with Gasteiger partial charge in [-0.3, -0.25) is 0 Å². The maximum atomic E-state index is 12.4. The van der Waals surface area contributed by atoms with Crippen molar-refractivity contribution in [1.82, 2.24) is 15.0 Å². The molecule has 2 N–H and O–H groups in total. The molecule has 2 aliphatic rings. The lowest BCUT2D eigenvalue weighted by Crippen LogP contribution is -2.63. The molecule has 3 heterocycles. The summed E-state index contributed by atoms with van der Waals surface area (Å²) in [6, 6.07) is 15.9. The molecule has 174 valence electrons. The molecule has 0 spiro atoms. The smallest absolute Gasteiger partial charge is 0.258 e. The molecule has 0 bridgehead atoms. The molecule has 0 unspecified atom stereocenters. The highest BCUT2D eigenvalue weighted by Gasteiger charge is 2.55. The van der Waals surface area contributed by atoms with Gasteiger partial charge in [-0.15, -0.1) is 0 Å². The first kappa shape index (κ1) is 22.2. The highest BCUT2D eigenvalue weighted by atomic mass is 16.5. The van der Waals surface area contributed by atoms with Crippen LogP contribution < -0.4 is 0 Å². The first-order valence-corrected chi connectivity index (χ1v) is 11.4. The molecular weight excluding hydrogens is 418 g/mol. The predicted octanol–water partition coefficient (Wildman–Crippen LogP) is 3.27. The zero-order chi connectivity index (χ0) is 23.4. The third kappa shape index (κ3) is 3.51. The van der Waals surface area contributed by atoms with Crippen LogP contribution in [0.4, 0.5) is 0 Å². The summed E-state index contributed by atoms with van der Waals surface area (Å²) >= 11 is 0. The molecule has 1 aromatic heterocycles. The van der Waals surface area contributed by atoms with Crippen LogP contribution in [-0.2, 0) is 15.9 Å². The molecule has 7 nitrogen and oxygen atoms in total. The Bertz CT molecular complexity index is 1150. The quantitative estimate of drug-likeness (QED) is 0.597. The van der Waals surface area contributed by atoms with Crippen molar-refractivity contribution < 1.29 is 19.5 Å². The Labute approximate surface area is 194 Å². The van der Waals surface area contributed by atoms with Gasteiger partial charge in [0.1, 0.15) is 5.60 Å². The SMILES string of the molecule is CC(C)c1ccc([C@](O)(c2cccc(-c3nc(C4(O)COC4)no3)c2)C2(C)CN(C)C2)cc1. The molecule has 5 rings (SSSR count). The monoisotopic (exact) mass is 449 g/mol. The number of aromatic nitrogens is 2. The predicted molar refractivity (Wildman–Crippen MR) is 124 cm³/mol. The fourth-order valence-corrected chi connectivity index (χ4v) is 5.18. The van der Waals surface area contributed by atoms with Crippen LogP contribution in [0, 0.1) is 5.41 Å². The van der Waals surface area contributed by atoms with Gasteiger partial charge in [0.05, 0.1) is 13.2 Å². The number of nitrogens with zero attached hydrogens (tertiary/aromatic N) is 3.